The molecule has 0 aromatic heterocycles. The summed E-state index contributed by atoms with van der Waals surface area (Å²) in [5.41, 5.74) is 1.33. The van der Waals surface area contributed by atoms with E-state index in [-0.39, 0.29) is 0 Å². The highest BCUT2D eigenvalue weighted by Gasteiger charge is 2.18. The van der Waals surface area contributed by atoms with E-state index in [4.69, 9.17) is 4.74 Å². The zero-order valence-corrected chi connectivity index (χ0v) is 15.9. The summed E-state index contributed by atoms with van der Waals surface area (Å²) in [6.07, 6.45) is 0. The lowest BCUT2D eigenvalue weighted by Crippen LogP contribution is -2.42. The van der Waals surface area contributed by atoms with Crippen molar-refractivity contribution < 1.29 is 28.7 Å². The van der Waals surface area contributed by atoms with Gasteiger partial charge in [-0.25, -0.2) is 14.4 Å². The number of hydrogen-bond acceptors (Lipinski definition) is 6. The Morgan fingerprint density at radius 1 is 0.897 bits per heavy atom. The number of anilines is 2. The minimum atomic E-state index is -0.953. The van der Waals surface area contributed by atoms with Crippen molar-refractivity contribution in [1.82, 2.24) is 5.32 Å². The first-order valence-corrected chi connectivity index (χ1v) is 8.66. The second-order valence-corrected chi connectivity index (χ2v) is 5.91. The van der Waals surface area contributed by atoms with E-state index in [1.807, 2.05) is 6.07 Å². The van der Waals surface area contributed by atoms with Gasteiger partial charge in [0.05, 0.1) is 12.7 Å². The molecule has 2 rings (SSSR count). The van der Waals surface area contributed by atoms with Gasteiger partial charge in [0.15, 0.2) is 6.61 Å². The number of ether oxygens (including phenoxy) is 2. The predicted molar refractivity (Wildman–Crippen MR) is 105 cm³/mol. The minimum absolute atomic E-state index is 0.339. The Morgan fingerprint density at radius 3 is 2.14 bits per heavy atom. The third kappa shape index (κ3) is 6.98. The smallest absolute Gasteiger partial charge is 0.337 e. The maximum absolute atomic E-state index is 11.9. The number of hydrogen-bond donors (Lipinski definition) is 3. The Morgan fingerprint density at radius 2 is 1.52 bits per heavy atom. The van der Waals surface area contributed by atoms with Crippen LogP contribution in [0, 0.1) is 0 Å². The van der Waals surface area contributed by atoms with Gasteiger partial charge in [-0.05, 0) is 43.3 Å². The summed E-state index contributed by atoms with van der Waals surface area (Å²) in [4.78, 5) is 47.1. The van der Waals surface area contributed by atoms with Gasteiger partial charge in [-0.3, -0.25) is 4.79 Å². The molecular formula is C20H21N3O6. The molecule has 3 amide bonds. The lowest BCUT2D eigenvalue weighted by atomic mass is 10.2. The summed E-state index contributed by atoms with van der Waals surface area (Å²) in [6, 6.07) is 13.2. The summed E-state index contributed by atoms with van der Waals surface area (Å²) in [7, 11) is 1.27. The molecule has 0 unspecified atom stereocenters. The maximum Gasteiger partial charge on any atom is 0.337 e. The van der Waals surface area contributed by atoms with Gasteiger partial charge in [0, 0.05) is 11.4 Å². The molecule has 3 N–H and O–H groups in total. The third-order valence-corrected chi connectivity index (χ3v) is 3.67. The molecule has 152 valence electrons. The summed E-state index contributed by atoms with van der Waals surface area (Å²) in [6.45, 7) is 0.917. The van der Waals surface area contributed by atoms with E-state index in [1.54, 1.807) is 24.3 Å². The van der Waals surface area contributed by atoms with Gasteiger partial charge < -0.3 is 25.4 Å². The topological polar surface area (TPSA) is 123 Å². The van der Waals surface area contributed by atoms with Crippen LogP contribution in [0.5, 0.6) is 0 Å². The van der Waals surface area contributed by atoms with Gasteiger partial charge >= 0.3 is 18.0 Å². The number of para-hydroxylation sites is 1. The van der Waals surface area contributed by atoms with E-state index in [9.17, 15) is 19.2 Å². The monoisotopic (exact) mass is 399 g/mol. The van der Waals surface area contributed by atoms with E-state index in [1.165, 1.54) is 38.3 Å². The summed E-state index contributed by atoms with van der Waals surface area (Å²) in [5, 5.41) is 7.52. The zero-order valence-electron chi connectivity index (χ0n) is 15.9. The fourth-order valence-corrected chi connectivity index (χ4v) is 2.21. The largest absolute Gasteiger partial charge is 0.465 e. The molecule has 2 aromatic rings. The molecule has 0 heterocycles. The zero-order chi connectivity index (χ0) is 21.2. The van der Waals surface area contributed by atoms with Gasteiger partial charge in [-0.2, -0.15) is 0 Å². The van der Waals surface area contributed by atoms with E-state index >= 15 is 0 Å². The third-order valence-electron chi connectivity index (χ3n) is 3.67. The van der Waals surface area contributed by atoms with Crippen molar-refractivity contribution in [2.24, 2.45) is 0 Å². The first kappa shape index (κ1) is 21.4. The van der Waals surface area contributed by atoms with Crippen molar-refractivity contribution in [2.75, 3.05) is 24.4 Å². The second kappa shape index (κ2) is 10.5. The van der Waals surface area contributed by atoms with Gasteiger partial charge in [0.25, 0.3) is 5.91 Å². The van der Waals surface area contributed by atoms with Crippen LogP contribution in [0.15, 0.2) is 54.6 Å². The molecular weight excluding hydrogens is 378 g/mol. The first-order valence-electron chi connectivity index (χ1n) is 8.66. The molecule has 29 heavy (non-hydrogen) atoms. The Labute approximate surface area is 167 Å². The Hall–Kier alpha value is -3.88. The van der Waals surface area contributed by atoms with Crippen molar-refractivity contribution >= 4 is 35.3 Å². The van der Waals surface area contributed by atoms with Crippen molar-refractivity contribution in [3.05, 3.63) is 60.2 Å². The van der Waals surface area contributed by atoms with Crippen LogP contribution < -0.4 is 16.0 Å². The molecule has 0 saturated carbocycles. The molecule has 9 nitrogen and oxygen atoms in total. The van der Waals surface area contributed by atoms with E-state index < -0.39 is 36.5 Å². The maximum atomic E-state index is 11.9. The Bertz CT molecular complexity index is 868. The molecule has 2 aromatic carbocycles. The molecule has 0 fully saturated rings. The summed E-state index contributed by atoms with van der Waals surface area (Å²) >= 11 is 0. The number of amides is 3. The van der Waals surface area contributed by atoms with Gasteiger partial charge in [0.1, 0.15) is 6.04 Å². The highest BCUT2D eigenvalue weighted by molar-refractivity contribution is 5.95. The van der Waals surface area contributed by atoms with Gasteiger partial charge in [-0.15, -0.1) is 0 Å². The average molecular weight is 399 g/mol. The van der Waals surface area contributed by atoms with E-state index in [0.717, 1.165) is 0 Å². The van der Waals surface area contributed by atoms with Crippen LogP contribution in [0.1, 0.15) is 17.3 Å². The Kier molecular flexibility index (Phi) is 7.72. The second-order valence-electron chi connectivity index (χ2n) is 5.91. The quantitative estimate of drug-likeness (QED) is 0.613. The molecule has 0 spiro atoms. The molecule has 0 aliphatic rings. The minimum Gasteiger partial charge on any atom is -0.465 e. The number of methoxy groups -OCH3 is 1. The van der Waals surface area contributed by atoms with Crippen LogP contribution in [0.4, 0.5) is 16.2 Å². The van der Waals surface area contributed by atoms with Crippen molar-refractivity contribution in [1.29, 1.82) is 0 Å². The molecule has 0 aliphatic carbocycles. The number of rotatable bonds is 7. The predicted octanol–water partition coefficient (Wildman–Crippen LogP) is 2.17. The van der Waals surface area contributed by atoms with Crippen LogP contribution >= 0.6 is 0 Å². The average Bonchev–Trinajstić information content (AvgIpc) is 2.72. The highest BCUT2D eigenvalue weighted by atomic mass is 16.5. The molecule has 9 heteroatoms. The van der Waals surface area contributed by atoms with Crippen molar-refractivity contribution in [2.45, 2.75) is 13.0 Å². The number of benzene rings is 2. The number of carbonyl (C=O) groups excluding carboxylic acids is 4. The lowest BCUT2D eigenvalue weighted by molar-refractivity contribution is -0.148. The van der Waals surface area contributed by atoms with E-state index in [2.05, 4.69) is 20.7 Å². The SMILES string of the molecule is COC(=O)c1ccc(NC(=O)COC(=O)[C@H](C)NC(=O)Nc2ccccc2)cc1. The highest BCUT2D eigenvalue weighted by Crippen LogP contribution is 2.10. The normalized spacial score (nSPS) is 11.0. The number of esters is 2. The molecule has 1 atom stereocenters. The van der Waals surface area contributed by atoms with Crippen LogP contribution in [0.25, 0.3) is 0 Å². The van der Waals surface area contributed by atoms with E-state index in [0.29, 0.717) is 16.9 Å². The molecule has 0 bridgehead atoms. The van der Waals surface area contributed by atoms with Gasteiger partial charge in [-0.1, -0.05) is 18.2 Å². The summed E-state index contributed by atoms with van der Waals surface area (Å²) < 4.78 is 9.49. The number of urea groups is 1. The number of carbonyl (C=O) groups is 4. The van der Waals surface area contributed by atoms with Crippen LogP contribution in [0.3, 0.4) is 0 Å². The number of nitrogens with one attached hydrogen (secondary N) is 3. The van der Waals surface area contributed by atoms with Crippen LogP contribution in [0.2, 0.25) is 0 Å². The molecule has 0 radical (unpaired) electrons. The molecule has 0 aliphatic heterocycles. The Balaban J connectivity index is 1.75. The van der Waals surface area contributed by atoms with Crippen LogP contribution in [-0.2, 0) is 19.1 Å². The van der Waals surface area contributed by atoms with Crippen molar-refractivity contribution in [3.63, 3.8) is 0 Å². The molecule has 0 saturated heterocycles. The fourth-order valence-electron chi connectivity index (χ4n) is 2.21. The first-order chi connectivity index (χ1) is 13.9. The van der Waals surface area contributed by atoms with Crippen LogP contribution in [-0.4, -0.2) is 43.6 Å². The van der Waals surface area contributed by atoms with Crippen molar-refractivity contribution in [3.8, 4) is 0 Å². The van der Waals surface area contributed by atoms with Gasteiger partial charge in [0.2, 0.25) is 0 Å². The lowest BCUT2D eigenvalue weighted by Gasteiger charge is -2.14. The standard InChI is InChI=1S/C20H21N3O6/c1-13(21-20(27)23-15-6-4-3-5-7-15)18(25)29-12-17(24)22-16-10-8-14(9-11-16)19(26)28-2/h3-11,13H,12H2,1-2H3,(H,22,24)(H2,21,23,27)/t13-/m0/s1. The summed E-state index contributed by atoms with van der Waals surface area (Å²) in [5.74, 6) is -1.82. The fraction of sp³-hybridized carbons (Fsp3) is 0.200.